The average Bonchev–Trinajstić information content (AvgIpc) is 3.48. The van der Waals surface area contributed by atoms with Crippen LogP contribution in [0.3, 0.4) is 0 Å². The number of fused-ring (bicyclic) bond motifs is 3. The van der Waals surface area contributed by atoms with E-state index in [0.717, 1.165) is 50.4 Å². The predicted molar refractivity (Wildman–Crippen MR) is 179 cm³/mol. The Morgan fingerprint density at radius 3 is 1.60 bits per heavy atom. The van der Waals surface area contributed by atoms with Gasteiger partial charge in [-0.05, 0) is 52.6 Å². The molecule has 0 bridgehead atoms. The Kier molecular flexibility index (Phi) is 6.12. The zero-order valence-electron chi connectivity index (χ0n) is 23.4. The van der Waals surface area contributed by atoms with E-state index < -0.39 is 0 Å². The van der Waals surface area contributed by atoms with Gasteiger partial charge in [-0.2, -0.15) is 0 Å². The number of hydrogen-bond acceptors (Lipinski definition) is 2. The summed E-state index contributed by atoms with van der Waals surface area (Å²) < 4.78 is 0. The van der Waals surface area contributed by atoms with E-state index in [9.17, 15) is 0 Å². The van der Waals surface area contributed by atoms with E-state index in [1.54, 1.807) is 0 Å². The van der Waals surface area contributed by atoms with Crippen LogP contribution in [0.1, 0.15) is 0 Å². The predicted octanol–water partition coefficient (Wildman–Crippen LogP) is 10.4. The van der Waals surface area contributed by atoms with Gasteiger partial charge in [-0.3, -0.25) is 4.98 Å². The number of para-hydroxylation sites is 2. The van der Waals surface area contributed by atoms with Gasteiger partial charge in [0.2, 0.25) is 0 Å². The highest BCUT2D eigenvalue weighted by Gasteiger charge is 2.15. The van der Waals surface area contributed by atoms with Crippen LogP contribution in [0.5, 0.6) is 0 Å². The molecule has 0 unspecified atom stereocenters. The van der Waals surface area contributed by atoms with Gasteiger partial charge in [0.05, 0.1) is 28.1 Å². The molecule has 3 nitrogen and oxygen atoms in total. The lowest BCUT2D eigenvalue weighted by molar-refractivity contribution is 1.32. The normalized spacial score (nSPS) is 11.3. The molecule has 0 aliphatic heterocycles. The fraction of sp³-hybridized carbons (Fsp3) is 0. The molecule has 0 spiro atoms. The minimum atomic E-state index is 0.936. The molecule has 0 aliphatic rings. The van der Waals surface area contributed by atoms with Gasteiger partial charge in [0, 0.05) is 33.7 Å². The number of aromatic nitrogens is 3. The highest BCUT2D eigenvalue weighted by molar-refractivity contribution is 6.15. The van der Waals surface area contributed by atoms with E-state index >= 15 is 0 Å². The first-order chi connectivity index (χ1) is 21.3. The fourth-order valence-corrected chi connectivity index (χ4v) is 6.00. The van der Waals surface area contributed by atoms with Gasteiger partial charge in [0.1, 0.15) is 0 Å². The van der Waals surface area contributed by atoms with Crippen LogP contribution in [-0.4, -0.2) is 15.0 Å². The number of benzene rings is 5. The second kappa shape index (κ2) is 10.6. The van der Waals surface area contributed by atoms with Crippen molar-refractivity contribution in [3.8, 4) is 56.0 Å². The molecule has 3 heteroatoms. The Hall–Kier alpha value is -5.80. The molecule has 1 N–H and O–H groups in total. The van der Waals surface area contributed by atoms with Gasteiger partial charge < -0.3 is 4.98 Å². The van der Waals surface area contributed by atoms with Gasteiger partial charge in [0.25, 0.3) is 0 Å². The zero-order chi connectivity index (χ0) is 28.6. The van der Waals surface area contributed by atoms with Crippen LogP contribution in [0.25, 0.3) is 77.8 Å². The van der Waals surface area contributed by atoms with Crippen molar-refractivity contribution in [2.45, 2.75) is 0 Å². The lowest BCUT2D eigenvalue weighted by atomic mass is 10.0. The monoisotopic (exact) mass is 549 g/mol. The second-order valence-electron chi connectivity index (χ2n) is 10.7. The zero-order valence-corrected chi connectivity index (χ0v) is 23.4. The summed E-state index contributed by atoms with van der Waals surface area (Å²) in [7, 11) is 0. The molecule has 0 saturated carbocycles. The molecule has 8 rings (SSSR count). The molecule has 8 aromatic rings. The summed E-state index contributed by atoms with van der Waals surface area (Å²) in [6, 6.07) is 52.9. The third kappa shape index (κ3) is 4.58. The number of hydrogen-bond donors (Lipinski definition) is 1. The summed E-state index contributed by atoms with van der Waals surface area (Å²) in [6.45, 7) is 0. The quantitative estimate of drug-likeness (QED) is 0.232. The molecule has 43 heavy (non-hydrogen) atoms. The van der Waals surface area contributed by atoms with Crippen molar-refractivity contribution in [1.29, 1.82) is 0 Å². The van der Waals surface area contributed by atoms with Crippen LogP contribution in [0.4, 0.5) is 0 Å². The molecule has 0 atom stereocenters. The first kappa shape index (κ1) is 25.0. The lowest BCUT2D eigenvalue weighted by Gasteiger charge is -2.08. The van der Waals surface area contributed by atoms with Crippen LogP contribution in [0.15, 0.2) is 158 Å². The summed E-state index contributed by atoms with van der Waals surface area (Å²) >= 11 is 0. The Balaban J connectivity index is 1.23. The number of nitrogens with zero attached hydrogens (tertiary/aromatic N) is 2. The summed E-state index contributed by atoms with van der Waals surface area (Å²) in [5.74, 6) is 0. The van der Waals surface area contributed by atoms with E-state index in [0.29, 0.717) is 0 Å². The van der Waals surface area contributed by atoms with E-state index in [2.05, 4.69) is 145 Å². The van der Waals surface area contributed by atoms with E-state index in [1.165, 1.54) is 27.5 Å². The maximum Gasteiger partial charge on any atom is 0.0730 e. The standard InChI is InChI=1S/C40H27N3/c1-3-11-27(12-4-1)29-15-7-16-31(25-29)36-21-10-22-37(42-36)34-19-8-17-32-33-18-9-20-35(40(33)43-39(32)34)38-26-30(23-24-41-38)28-13-5-2-6-14-28/h1-26,43H. The van der Waals surface area contributed by atoms with Crippen molar-refractivity contribution >= 4 is 21.8 Å². The molecule has 3 heterocycles. The summed E-state index contributed by atoms with van der Waals surface area (Å²) in [6.07, 6.45) is 1.90. The van der Waals surface area contributed by atoms with Crippen LogP contribution in [0, 0.1) is 0 Å². The number of aromatic amines is 1. The number of rotatable bonds is 5. The van der Waals surface area contributed by atoms with Crippen molar-refractivity contribution in [2.75, 3.05) is 0 Å². The van der Waals surface area contributed by atoms with Crippen LogP contribution >= 0.6 is 0 Å². The molecule has 202 valence electrons. The maximum atomic E-state index is 5.16. The van der Waals surface area contributed by atoms with Crippen LogP contribution in [0.2, 0.25) is 0 Å². The third-order valence-corrected chi connectivity index (χ3v) is 8.10. The first-order valence-electron chi connectivity index (χ1n) is 14.5. The molecule has 0 aliphatic carbocycles. The SMILES string of the molecule is c1ccc(-c2cccc(-c3cccc(-c4cccc5c4[nH]c4c(-c6cc(-c7ccccc7)ccn6)cccc45)n3)c2)cc1. The van der Waals surface area contributed by atoms with Crippen molar-refractivity contribution in [3.63, 3.8) is 0 Å². The maximum absolute atomic E-state index is 5.16. The Labute approximate surface area is 250 Å². The molecule has 0 amide bonds. The van der Waals surface area contributed by atoms with Crippen LogP contribution in [-0.2, 0) is 0 Å². The molecule has 0 fully saturated rings. The molecule has 0 saturated heterocycles. The van der Waals surface area contributed by atoms with Crippen molar-refractivity contribution < 1.29 is 0 Å². The molecular weight excluding hydrogens is 522 g/mol. The topological polar surface area (TPSA) is 41.6 Å². The minimum absolute atomic E-state index is 0.936. The smallest absolute Gasteiger partial charge is 0.0730 e. The number of nitrogens with one attached hydrogen (secondary N) is 1. The number of H-pyrrole nitrogens is 1. The first-order valence-corrected chi connectivity index (χ1v) is 14.5. The average molecular weight is 550 g/mol. The highest BCUT2D eigenvalue weighted by Crippen LogP contribution is 2.37. The molecular formula is C40H27N3. The lowest BCUT2D eigenvalue weighted by Crippen LogP contribution is -1.89. The number of pyridine rings is 2. The second-order valence-corrected chi connectivity index (χ2v) is 10.7. The Morgan fingerprint density at radius 1 is 0.372 bits per heavy atom. The van der Waals surface area contributed by atoms with Gasteiger partial charge in [-0.15, -0.1) is 0 Å². The van der Waals surface area contributed by atoms with Gasteiger partial charge >= 0.3 is 0 Å². The largest absolute Gasteiger partial charge is 0.353 e. The summed E-state index contributed by atoms with van der Waals surface area (Å²) in [5, 5.41) is 2.35. The molecule has 0 radical (unpaired) electrons. The molecule has 5 aromatic carbocycles. The van der Waals surface area contributed by atoms with Gasteiger partial charge in [-0.1, -0.05) is 121 Å². The summed E-state index contributed by atoms with van der Waals surface area (Å²) in [4.78, 5) is 13.7. The van der Waals surface area contributed by atoms with E-state index in [-0.39, 0.29) is 0 Å². The van der Waals surface area contributed by atoms with Crippen molar-refractivity contribution in [2.24, 2.45) is 0 Å². The van der Waals surface area contributed by atoms with E-state index in [1.807, 2.05) is 18.3 Å². The Morgan fingerprint density at radius 2 is 0.907 bits per heavy atom. The van der Waals surface area contributed by atoms with E-state index in [4.69, 9.17) is 9.97 Å². The van der Waals surface area contributed by atoms with Gasteiger partial charge in [0.15, 0.2) is 0 Å². The van der Waals surface area contributed by atoms with Crippen molar-refractivity contribution in [3.05, 3.63) is 158 Å². The molecule has 3 aromatic heterocycles. The van der Waals surface area contributed by atoms with Crippen molar-refractivity contribution in [1.82, 2.24) is 15.0 Å². The highest BCUT2D eigenvalue weighted by atomic mass is 14.8. The van der Waals surface area contributed by atoms with Crippen LogP contribution < -0.4 is 0 Å². The van der Waals surface area contributed by atoms with Gasteiger partial charge in [-0.25, -0.2) is 4.98 Å². The Bertz CT molecular complexity index is 2230. The minimum Gasteiger partial charge on any atom is -0.353 e. The third-order valence-electron chi connectivity index (χ3n) is 8.10. The fourth-order valence-electron chi connectivity index (χ4n) is 6.00. The summed E-state index contributed by atoms with van der Waals surface area (Å²) in [5.41, 5.74) is 12.9.